The Morgan fingerprint density at radius 1 is 1.32 bits per heavy atom. The maximum atomic E-state index is 15.4. The van der Waals surface area contributed by atoms with Crippen LogP contribution < -0.4 is 5.32 Å². The monoisotopic (exact) mass is 258 g/mol. The summed E-state index contributed by atoms with van der Waals surface area (Å²) in [6.45, 7) is 3.47. The van der Waals surface area contributed by atoms with Gasteiger partial charge < -0.3 is 5.32 Å². The highest BCUT2D eigenvalue weighted by Gasteiger charge is 2.37. The van der Waals surface area contributed by atoms with Gasteiger partial charge in [-0.2, -0.15) is 0 Å². The smallest absolute Gasteiger partial charge is 0.137 e. The molecule has 3 rings (SSSR count). The largest absolute Gasteiger partial charge is 0.316 e. The zero-order chi connectivity index (χ0) is 13.3. The second-order valence-corrected chi connectivity index (χ2v) is 5.49. The summed E-state index contributed by atoms with van der Waals surface area (Å²) in [6.07, 6.45) is 3.74. The fourth-order valence-corrected chi connectivity index (χ4v) is 3.06. The molecule has 19 heavy (non-hydrogen) atoms. The molecule has 1 aromatic heterocycles. The summed E-state index contributed by atoms with van der Waals surface area (Å²) in [5.41, 5.74) is 0.329. The standard InChI is InChI=1S/C16H19FN2/c1-16(17,12-5-3-9-18-11-12)14-7-2-8-15-13(14)6-4-10-19-15/h2,4,6-8,10,12,18H,3,5,9,11H2,1H3. The number of fused-ring (bicyclic) bond motifs is 1. The minimum atomic E-state index is -1.31. The molecule has 1 saturated heterocycles. The molecule has 1 aliphatic heterocycles. The highest BCUT2D eigenvalue weighted by Crippen LogP contribution is 2.40. The minimum absolute atomic E-state index is 0.0343. The van der Waals surface area contributed by atoms with Crippen molar-refractivity contribution in [2.24, 2.45) is 5.92 Å². The molecule has 3 heteroatoms. The molecule has 0 saturated carbocycles. The van der Waals surface area contributed by atoms with Crippen LogP contribution in [0.15, 0.2) is 36.5 Å². The Morgan fingerprint density at radius 2 is 2.21 bits per heavy atom. The van der Waals surface area contributed by atoms with Gasteiger partial charge in [0.25, 0.3) is 0 Å². The number of pyridine rings is 1. The van der Waals surface area contributed by atoms with Crippen molar-refractivity contribution >= 4 is 10.9 Å². The van der Waals surface area contributed by atoms with Gasteiger partial charge in [0.15, 0.2) is 0 Å². The van der Waals surface area contributed by atoms with Crippen molar-refractivity contribution in [3.8, 4) is 0 Å². The molecule has 0 amide bonds. The predicted octanol–water partition coefficient (Wildman–Crippen LogP) is 3.42. The minimum Gasteiger partial charge on any atom is -0.316 e. The van der Waals surface area contributed by atoms with E-state index in [0.717, 1.165) is 42.4 Å². The SMILES string of the molecule is CC(F)(c1cccc2ncccc12)C1CCCNC1. The highest BCUT2D eigenvalue weighted by atomic mass is 19.1. The first kappa shape index (κ1) is 12.5. The van der Waals surface area contributed by atoms with Crippen molar-refractivity contribution in [2.45, 2.75) is 25.4 Å². The Kier molecular flexibility index (Phi) is 3.23. The fraction of sp³-hybridized carbons (Fsp3) is 0.438. The number of alkyl halides is 1. The van der Waals surface area contributed by atoms with Gasteiger partial charge in [0.2, 0.25) is 0 Å². The number of hydrogen-bond acceptors (Lipinski definition) is 2. The molecular weight excluding hydrogens is 239 g/mol. The highest BCUT2D eigenvalue weighted by molar-refractivity contribution is 5.82. The van der Waals surface area contributed by atoms with Gasteiger partial charge >= 0.3 is 0 Å². The number of halogens is 1. The van der Waals surface area contributed by atoms with Crippen LogP contribution in [0, 0.1) is 5.92 Å². The van der Waals surface area contributed by atoms with Gasteiger partial charge in [0.1, 0.15) is 5.67 Å². The van der Waals surface area contributed by atoms with Gasteiger partial charge in [-0.1, -0.05) is 18.2 Å². The van der Waals surface area contributed by atoms with Gasteiger partial charge in [0.05, 0.1) is 5.52 Å². The van der Waals surface area contributed by atoms with Crippen LogP contribution in [0.5, 0.6) is 0 Å². The summed E-state index contributed by atoms with van der Waals surface area (Å²) in [5, 5.41) is 4.23. The predicted molar refractivity (Wildman–Crippen MR) is 75.8 cm³/mol. The Morgan fingerprint density at radius 3 is 3.00 bits per heavy atom. The zero-order valence-electron chi connectivity index (χ0n) is 11.2. The van der Waals surface area contributed by atoms with E-state index in [9.17, 15) is 0 Å². The molecule has 1 N–H and O–H groups in total. The van der Waals surface area contributed by atoms with Crippen LogP contribution in [0.3, 0.4) is 0 Å². The molecule has 2 nitrogen and oxygen atoms in total. The summed E-state index contributed by atoms with van der Waals surface area (Å²) in [4.78, 5) is 4.32. The number of hydrogen-bond donors (Lipinski definition) is 1. The van der Waals surface area contributed by atoms with E-state index in [0.29, 0.717) is 0 Å². The van der Waals surface area contributed by atoms with Gasteiger partial charge in [-0.15, -0.1) is 0 Å². The van der Waals surface area contributed by atoms with Crippen LogP contribution in [-0.2, 0) is 5.67 Å². The number of piperidine rings is 1. The molecular formula is C16H19FN2. The summed E-state index contributed by atoms with van der Waals surface area (Å²) in [7, 11) is 0. The number of rotatable bonds is 2. The van der Waals surface area contributed by atoms with Crippen LogP contribution in [0.25, 0.3) is 10.9 Å². The van der Waals surface area contributed by atoms with E-state index in [4.69, 9.17) is 0 Å². The average Bonchev–Trinajstić information content (AvgIpc) is 2.47. The number of nitrogens with zero attached hydrogens (tertiary/aromatic N) is 1. The van der Waals surface area contributed by atoms with E-state index in [1.165, 1.54) is 0 Å². The van der Waals surface area contributed by atoms with Gasteiger partial charge in [-0.25, -0.2) is 4.39 Å². The summed E-state index contributed by atoms with van der Waals surface area (Å²) >= 11 is 0. The maximum absolute atomic E-state index is 15.4. The van der Waals surface area contributed by atoms with Crippen molar-refractivity contribution in [2.75, 3.05) is 13.1 Å². The summed E-state index contributed by atoms with van der Waals surface area (Å²) in [6, 6.07) is 9.58. The summed E-state index contributed by atoms with van der Waals surface area (Å²) in [5.74, 6) is 0.0343. The molecule has 1 aliphatic rings. The molecule has 100 valence electrons. The van der Waals surface area contributed by atoms with Crippen molar-refractivity contribution in [1.82, 2.24) is 10.3 Å². The van der Waals surface area contributed by atoms with Crippen molar-refractivity contribution in [1.29, 1.82) is 0 Å². The second kappa shape index (κ2) is 4.89. The van der Waals surface area contributed by atoms with Gasteiger partial charge in [-0.3, -0.25) is 4.98 Å². The van der Waals surface area contributed by atoms with E-state index >= 15 is 4.39 Å². The van der Waals surface area contributed by atoms with E-state index < -0.39 is 5.67 Å². The van der Waals surface area contributed by atoms with Crippen molar-refractivity contribution in [3.05, 3.63) is 42.1 Å². The Bertz CT molecular complexity index is 568. The van der Waals surface area contributed by atoms with E-state index in [1.807, 2.05) is 30.3 Å². The molecule has 2 atom stereocenters. The molecule has 2 aromatic rings. The molecule has 2 heterocycles. The topological polar surface area (TPSA) is 24.9 Å². The van der Waals surface area contributed by atoms with Crippen molar-refractivity contribution < 1.29 is 4.39 Å². The lowest BCUT2D eigenvalue weighted by Gasteiger charge is -2.34. The van der Waals surface area contributed by atoms with E-state index in [2.05, 4.69) is 10.3 Å². The Hall–Kier alpha value is -1.48. The van der Waals surface area contributed by atoms with Crippen LogP contribution >= 0.6 is 0 Å². The molecule has 0 spiro atoms. The quantitative estimate of drug-likeness (QED) is 0.892. The summed E-state index contributed by atoms with van der Waals surface area (Å²) < 4.78 is 15.4. The average molecular weight is 258 g/mol. The number of nitrogens with one attached hydrogen (secondary N) is 1. The zero-order valence-corrected chi connectivity index (χ0v) is 11.2. The lowest BCUT2D eigenvalue weighted by Crippen LogP contribution is -2.40. The first-order valence-corrected chi connectivity index (χ1v) is 6.93. The lowest BCUT2D eigenvalue weighted by molar-refractivity contribution is 0.0827. The molecule has 2 unspecified atom stereocenters. The third kappa shape index (κ3) is 2.23. The molecule has 1 aromatic carbocycles. The molecule has 0 aliphatic carbocycles. The van der Waals surface area contributed by atoms with Crippen LogP contribution in [-0.4, -0.2) is 18.1 Å². The third-order valence-corrected chi connectivity index (χ3v) is 4.24. The first-order valence-electron chi connectivity index (χ1n) is 6.93. The maximum Gasteiger partial charge on any atom is 0.137 e. The second-order valence-electron chi connectivity index (χ2n) is 5.49. The van der Waals surface area contributed by atoms with Crippen LogP contribution in [0.4, 0.5) is 4.39 Å². The van der Waals surface area contributed by atoms with Crippen LogP contribution in [0.1, 0.15) is 25.3 Å². The molecule has 0 radical (unpaired) electrons. The molecule has 1 fully saturated rings. The number of aromatic nitrogens is 1. The van der Waals surface area contributed by atoms with Crippen molar-refractivity contribution in [3.63, 3.8) is 0 Å². The Balaban J connectivity index is 2.07. The third-order valence-electron chi connectivity index (χ3n) is 4.24. The molecule has 0 bridgehead atoms. The van der Waals surface area contributed by atoms with Crippen LogP contribution in [0.2, 0.25) is 0 Å². The fourth-order valence-electron chi connectivity index (χ4n) is 3.06. The normalized spacial score (nSPS) is 23.2. The lowest BCUT2D eigenvalue weighted by atomic mass is 9.79. The number of benzene rings is 1. The first-order chi connectivity index (χ1) is 9.19. The Labute approximate surface area is 113 Å². The van der Waals surface area contributed by atoms with Gasteiger partial charge in [0, 0.05) is 24.0 Å². The van der Waals surface area contributed by atoms with Gasteiger partial charge in [-0.05, 0) is 44.0 Å². The van der Waals surface area contributed by atoms with E-state index in [-0.39, 0.29) is 5.92 Å². The van der Waals surface area contributed by atoms with E-state index in [1.54, 1.807) is 13.1 Å².